The summed E-state index contributed by atoms with van der Waals surface area (Å²) >= 11 is 9.42. The Bertz CT molecular complexity index is 1520. The summed E-state index contributed by atoms with van der Waals surface area (Å²) in [6.45, 7) is 1.86. The van der Waals surface area contributed by atoms with Crippen molar-refractivity contribution in [3.63, 3.8) is 0 Å². The molecular weight excluding hydrogens is 606 g/mol. The van der Waals surface area contributed by atoms with Crippen LogP contribution >= 0.6 is 27.5 Å². The number of rotatable bonds is 9. The third kappa shape index (κ3) is 7.20. The summed E-state index contributed by atoms with van der Waals surface area (Å²) in [7, 11) is 0. The Morgan fingerprint density at radius 2 is 1.56 bits per heavy atom. The number of piperidine rings is 1. The fourth-order valence-corrected chi connectivity index (χ4v) is 5.39. The molecule has 4 aromatic rings. The molecule has 1 fully saturated rings. The fraction of sp³-hybridized carbons (Fsp3) is 0.188. The lowest BCUT2D eigenvalue weighted by Gasteiger charge is -2.34. The van der Waals surface area contributed by atoms with Crippen LogP contribution in [0.25, 0.3) is 0 Å². The highest BCUT2D eigenvalue weighted by atomic mass is 79.9. The van der Waals surface area contributed by atoms with E-state index in [1.165, 1.54) is 18.6 Å². The molecule has 0 atom stereocenters. The number of hydrogen-bond acceptors (Lipinski definition) is 5. The lowest BCUT2D eigenvalue weighted by Crippen LogP contribution is -2.39. The molecule has 41 heavy (non-hydrogen) atoms. The van der Waals surface area contributed by atoms with Gasteiger partial charge in [-0.3, -0.25) is 10.2 Å². The zero-order valence-corrected chi connectivity index (χ0v) is 24.6. The summed E-state index contributed by atoms with van der Waals surface area (Å²) in [4.78, 5) is 27.6. The first-order valence-corrected chi connectivity index (χ1v) is 14.5. The van der Waals surface area contributed by atoms with Gasteiger partial charge in [0.2, 0.25) is 5.91 Å². The summed E-state index contributed by atoms with van der Waals surface area (Å²) in [6, 6.07) is 27.1. The van der Waals surface area contributed by atoms with Gasteiger partial charge in [-0.1, -0.05) is 45.7 Å². The van der Waals surface area contributed by atoms with Crippen LogP contribution in [0.4, 0.5) is 17.1 Å². The number of halogens is 2. The van der Waals surface area contributed by atoms with Crippen molar-refractivity contribution in [3.8, 4) is 11.5 Å². The number of carbonyl (C=O) groups is 2. The van der Waals surface area contributed by atoms with Crippen molar-refractivity contribution >= 4 is 56.5 Å². The highest BCUT2D eigenvalue weighted by Crippen LogP contribution is 2.33. The van der Waals surface area contributed by atoms with Gasteiger partial charge in [-0.25, -0.2) is 9.80 Å². The molecule has 5 rings (SSSR count). The largest absolute Gasteiger partial charge is 0.478 e. The summed E-state index contributed by atoms with van der Waals surface area (Å²) in [6.07, 6.45) is 3.46. The summed E-state index contributed by atoms with van der Waals surface area (Å²) in [5, 5.41) is 11.5. The molecule has 0 saturated carbocycles. The predicted octanol–water partition coefficient (Wildman–Crippen LogP) is 8.19. The number of aromatic carboxylic acids is 1. The number of nitrogens with one attached hydrogen (secondary N) is 1. The average Bonchev–Trinajstić information content (AvgIpc) is 2.99. The van der Waals surface area contributed by atoms with E-state index in [1.807, 2.05) is 48.5 Å². The number of carboxylic acid groups (broad SMARTS) is 1. The minimum atomic E-state index is -1.02. The molecule has 1 aliphatic heterocycles. The van der Waals surface area contributed by atoms with Crippen molar-refractivity contribution in [2.45, 2.75) is 25.7 Å². The van der Waals surface area contributed by atoms with Crippen molar-refractivity contribution in [3.05, 3.63) is 112 Å². The van der Waals surface area contributed by atoms with Crippen LogP contribution in [-0.2, 0) is 11.2 Å². The molecule has 2 N–H and O–H groups in total. The Morgan fingerprint density at radius 3 is 2.22 bits per heavy atom. The van der Waals surface area contributed by atoms with Gasteiger partial charge < -0.3 is 14.7 Å². The second-order valence-electron chi connectivity index (χ2n) is 9.75. The number of para-hydroxylation sites is 2. The smallest absolute Gasteiger partial charge is 0.335 e. The van der Waals surface area contributed by atoms with E-state index in [0.29, 0.717) is 32.2 Å². The lowest BCUT2D eigenvalue weighted by molar-refractivity contribution is -0.117. The standard InChI is InChI=1S/C32H29BrClN3O4/c33-28-20-23(32(39)40)9-8-22(28)21-31(38)37(30-7-3-2-6-29(30)36-18-4-1-5-19-36)35-25-12-16-27(17-13-25)41-26-14-10-24(34)11-15-26/h2-3,6-17,20,35H,1,4-5,18-19,21H2,(H,39,40). The highest BCUT2D eigenvalue weighted by Gasteiger charge is 2.24. The van der Waals surface area contributed by atoms with Crippen LogP contribution in [0.15, 0.2) is 95.5 Å². The van der Waals surface area contributed by atoms with Gasteiger partial charge in [0.1, 0.15) is 11.5 Å². The minimum absolute atomic E-state index is 0.0551. The molecule has 7 nitrogen and oxygen atoms in total. The minimum Gasteiger partial charge on any atom is -0.478 e. The van der Waals surface area contributed by atoms with Crippen LogP contribution in [0.5, 0.6) is 11.5 Å². The topological polar surface area (TPSA) is 82.1 Å². The van der Waals surface area contributed by atoms with Crippen LogP contribution in [0.3, 0.4) is 0 Å². The highest BCUT2D eigenvalue weighted by molar-refractivity contribution is 9.10. The number of nitrogens with zero attached hydrogens (tertiary/aromatic N) is 2. The molecule has 0 bridgehead atoms. The van der Waals surface area contributed by atoms with Crippen LogP contribution in [0.2, 0.25) is 5.02 Å². The van der Waals surface area contributed by atoms with E-state index in [9.17, 15) is 14.7 Å². The maximum Gasteiger partial charge on any atom is 0.335 e. The molecule has 9 heteroatoms. The third-order valence-electron chi connectivity index (χ3n) is 6.86. The van der Waals surface area contributed by atoms with E-state index < -0.39 is 5.97 Å². The molecule has 210 valence electrons. The van der Waals surface area contributed by atoms with Gasteiger partial charge in [0.15, 0.2) is 0 Å². The number of hydrazine groups is 1. The zero-order valence-electron chi connectivity index (χ0n) is 22.2. The number of anilines is 3. The molecule has 0 aromatic heterocycles. The number of amides is 1. The Balaban J connectivity index is 1.43. The number of hydrogen-bond donors (Lipinski definition) is 2. The molecule has 1 saturated heterocycles. The lowest BCUT2D eigenvalue weighted by atomic mass is 10.1. The zero-order chi connectivity index (χ0) is 28.8. The molecule has 0 unspecified atom stereocenters. The molecule has 1 amide bonds. The number of ether oxygens (including phenoxy) is 1. The second-order valence-corrected chi connectivity index (χ2v) is 11.0. The third-order valence-corrected chi connectivity index (χ3v) is 7.85. The van der Waals surface area contributed by atoms with Gasteiger partial charge in [-0.2, -0.15) is 0 Å². The number of carboxylic acids is 1. The van der Waals surface area contributed by atoms with E-state index in [-0.39, 0.29) is 17.9 Å². The summed E-state index contributed by atoms with van der Waals surface area (Å²) < 4.78 is 6.49. The quantitative estimate of drug-likeness (QED) is 0.181. The molecule has 0 aliphatic carbocycles. The Labute approximate surface area is 252 Å². The van der Waals surface area contributed by atoms with Crippen LogP contribution in [-0.4, -0.2) is 30.1 Å². The van der Waals surface area contributed by atoms with E-state index in [2.05, 4.69) is 26.3 Å². The second kappa shape index (κ2) is 13.1. The molecular formula is C32H29BrClN3O4. The van der Waals surface area contributed by atoms with Crippen molar-refractivity contribution in [2.24, 2.45) is 0 Å². The van der Waals surface area contributed by atoms with E-state index in [4.69, 9.17) is 16.3 Å². The van der Waals surface area contributed by atoms with Gasteiger partial charge in [-0.15, -0.1) is 0 Å². The number of benzene rings is 4. The van der Waals surface area contributed by atoms with E-state index in [0.717, 1.165) is 37.3 Å². The maximum absolute atomic E-state index is 13.9. The first-order valence-electron chi connectivity index (χ1n) is 13.4. The van der Waals surface area contributed by atoms with Crippen molar-refractivity contribution in [2.75, 3.05) is 28.4 Å². The number of carbonyl (C=O) groups excluding carboxylic acids is 1. The Morgan fingerprint density at radius 1 is 0.902 bits per heavy atom. The fourth-order valence-electron chi connectivity index (χ4n) is 4.74. The molecule has 1 aliphatic rings. The normalized spacial score (nSPS) is 13.0. The van der Waals surface area contributed by atoms with Gasteiger partial charge in [0, 0.05) is 22.6 Å². The average molecular weight is 635 g/mol. The molecule has 4 aromatic carbocycles. The van der Waals surface area contributed by atoms with Crippen molar-refractivity contribution in [1.82, 2.24) is 0 Å². The van der Waals surface area contributed by atoms with E-state index in [1.54, 1.807) is 35.3 Å². The SMILES string of the molecule is O=C(O)c1ccc(CC(=O)N(Nc2ccc(Oc3ccc(Cl)cc3)cc2)c2ccccc2N2CCCCC2)c(Br)c1. The predicted molar refractivity (Wildman–Crippen MR) is 166 cm³/mol. The maximum atomic E-state index is 13.9. The van der Waals surface area contributed by atoms with Gasteiger partial charge in [0.05, 0.1) is 29.0 Å². The monoisotopic (exact) mass is 633 g/mol. The first kappa shape index (κ1) is 28.5. The van der Waals surface area contributed by atoms with Gasteiger partial charge in [0.25, 0.3) is 0 Å². The summed E-state index contributed by atoms with van der Waals surface area (Å²) in [5.41, 5.74) is 6.59. The Hall–Kier alpha value is -4.01. The molecule has 0 radical (unpaired) electrons. The van der Waals surface area contributed by atoms with Crippen LogP contribution < -0.4 is 20.1 Å². The van der Waals surface area contributed by atoms with Gasteiger partial charge >= 0.3 is 5.97 Å². The summed E-state index contributed by atoms with van der Waals surface area (Å²) in [5.74, 6) is 0.0966. The molecule has 0 spiro atoms. The van der Waals surface area contributed by atoms with Crippen molar-refractivity contribution in [1.29, 1.82) is 0 Å². The van der Waals surface area contributed by atoms with E-state index >= 15 is 0 Å². The Kier molecular flexibility index (Phi) is 9.11. The van der Waals surface area contributed by atoms with Gasteiger partial charge in [-0.05, 0) is 97.6 Å². The first-order chi connectivity index (χ1) is 19.9. The van der Waals surface area contributed by atoms with Crippen LogP contribution in [0.1, 0.15) is 35.2 Å². The van der Waals surface area contributed by atoms with Crippen molar-refractivity contribution < 1.29 is 19.4 Å². The van der Waals surface area contributed by atoms with Crippen LogP contribution in [0, 0.1) is 0 Å². The molecule has 1 heterocycles.